The maximum Gasteiger partial charge on any atom is 0.300 e. The predicted octanol–water partition coefficient (Wildman–Crippen LogP) is 4.18. The van der Waals surface area contributed by atoms with Gasteiger partial charge in [-0.1, -0.05) is 18.6 Å². The average Bonchev–Trinajstić information content (AvgIpc) is 3.15. The Kier molecular flexibility index (Phi) is 6.67. The van der Waals surface area contributed by atoms with Gasteiger partial charge in [-0.25, -0.2) is 4.98 Å². The van der Waals surface area contributed by atoms with Crippen LogP contribution in [0, 0.1) is 5.92 Å². The summed E-state index contributed by atoms with van der Waals surface area (Å²) < 4.78 is 0. The number of fused-ring (bicyclic) bond motifs is 1. The predicted molar refractivity (Wildman–Crippen MR) is 131 cm³/mol. The fourth-order valence-electron chi connectivity index (χ4n) is 3.56. The number of hydrogen-bond donors (Lipinski definition) is 5. The molecule has 0 saturated heterocycles. The van der Waals surface area contributed by atoms with E-state index < -0.39 is 5.97 Å². The number of aromatic nitrogens is 4. The van der Waals surface area contributed by atoms with Crippen molar-refractivity contribution in [1.29, 1.82) is 0 Å². The summed E-state index contributed by atoms with van der Waals surface area (Å²) in [7, 11) is 0. The van der Waals surface area contributed by atoms with Crippen LogP contribution in [-0.2, 0) is 9.59 Å². The number of rotatable bonds is 5. The Bertz CT molecular complexity index is 1330. The summed E-state index contributed by atoms with van der Waals surface area (Å²) in [6.07, 6.45) is 4.69. The highest BCUT2D eigenvalue weighted by molar-refractivity contribution is 5.97. The van der Waals surface area contributed by atoms with E-state index in [9.17, 15) is 4.79 Å². The Morgan fingerprint density at radius 1 is 1.12 bits per heavy atom. The monoisotopic (exact) mass is 459 g/mol. The molecule has 10 nitrogen and oxygen atoms in total. The van der Waals surface area contributed by atoms with E-state index in [1.54, 1.807) is 12.3 Å². The fraction of sp³-hybridized carbons (Fsp3) is 0.208. The summed E-state index contributed by atoms with van der Waals surface area (Å²) in [5.41, 5.74) is 9.96. The highest BCUT2D eigenvalue weighted by Crippen LogP contribution is 2.32. The Morgan fingerprint density at radius 2 is 1.91 bits per heavy atom. The van der Waals surface area contributed by atoms with Crippen molar-refractivity contribution in [2.75, 3.05) is 16.4 Å². The maximum absolute atomic E-state index is 12.3. The number of nitrogens with two attached hydrogens (primary N) is 1. The molecule has 1 fully saturated rings. The van der Waals surface area contributed by atoms with Crippen molar-refractivity contribution in [3.8, 4) is 11.3 Å². The van der Waals surface area contributed by atoms with Gasteiger partial charge in [-0.2, -0.15) is 10.1 Å². The van der Waals surface area contributed by atoms with Crippen LogP contribution in [0.4, 0.5) is 23.1 Å². The minimum Gasteiger partial charge on any atom is -0.481 e. The van der Waals surface area contributed by atoms with Crippen LogP contribution in [0.5, 0.6) is 0 Å². The second-order valence-electron chi connectivity index (χ2n) is 7.97. The van der Waals surface area contributed by atoms with E-state index in [0.29, 0.717) is 5.82 Å². The summed E-state index contributed by atoms with van der Waals surface area (Å²) in [5, 5.41) is 22.2. The first-order chi connectivity index (χ1) is 16.4. The van der Waals surface area contributed by atoms with Gasteiger partial charge in [0.2, 0.25) is 11.9 Å². The van der Waals surface area contributed by atoms with E-state index >= 15 is 0 Å². The summed E-state index contributed by atoms with van der Waals surface area (Å²) in [6.45, 7) is 1.08. The molecule has 0 bridgehead atoms. The molecule has 0 atom stereocenters. The number of nitrogen functional groups attached to an aromatic ring is 1. The molecule has 1 aliphatic carbocycles. The number of benzene rings is 2. The molecule has 174 valence electrons. The zero-order valence-electron chi connectivity index (χ0n) is 18.6. The number of anilines is 4. The molecule has 2 heterocycles. The summed E-state index contributed by atoms with van der Waals surface area (Å²) in [4.78, 5) is 29.4. The normalized spacial score (nSPS) is 12.9. The summed E-state index contributed by atoms with van der Waals surface area (Å²) in [6, 6.07) is 15.4. The lowest BCUT2D eigenvalue weighted by Crippen LogP contribution is -2.27. The fourth-order valence-corrected chi connectivity index (χ4v) is 3.56. The van der Waals surface area contributed by atoms with Crippen LogP contribution < -0.4 is 16.4 Å². The van der Waals surface area contributed by atoms with Gasteiger partial charge < -0.3 is 21.5 Å². The molecule has 4 aromatic rings. The molecule has 1 aliphatic rings. The van der Waals surface area contributed by atoms with Crippen LogP contribution in [0.2, 0.25) is 0 Å². The first-order valence-corrected chi connectivity index (χ1v) is 10.8. The molecule has 6 N–H and O–H groups in total. The van der Waals surface area contributed by atoms with Crippen molar-refractivity contribution in [3.05, 3.63) is 54.7 Å². The highest BCUT2D eigenvalue weighted by atomic mass is 16.4. The molecule has 34 heavy (non-hydrogen) atoms. The Balaban J connectivity index is 0.000000636. The maximum atomic E-state index is 12.3. The van der Waals surface area contributed by atoms with Crippen molar-refractivity contribution in [2.24, 2.45) is 5.92 Å². The third kappa shape index (κ3) is 5.47. The Morgan fingerprint density at radius 3 is 2.62 bits per heavy atom. The molecule has 0 aliphatic heterocycles. The molecule has 1 saturated carbocycles. The minimum atomic E-state index is -0.833. The second-order valence-corrected chi connectivity index (χ2v) is 7.97. The van der Waals surface area contributed by atoms with Gasteiger partial charge in [-0.3, -0.25) is 14.7 Å². The third-order valence-corrected chi connectivity index (χ3v) is 5.39. The Hall–Kier alpha value is -4.47. The number of hydrogen-bond acceptors (Lipinski definition) is 7. The average molecular weight is 460 g/mol. The van der Waals surface area contributed by atoms with E-state index in [-0.39, 0.29) is 17.8 Å². The Labute approximate surface area is 195 Å². The molecular weight excluding hydrogens is 434 g/mol. The van der Waals surface area contributed by atoms with E-state index in [0.717, 1.165) is 59.7 Å². The largest absolute Gasteiger partial charge is 0.481 e. The van der Waals surface area contributed by atoms with Crippen LogP contribution in [0.25, 0.3) is 22.2 Å². The van der Waals surface area contributed by atoms with Gasteiger partial charge in [0.25, 0.3) is 5.97 Å². The van der Waals surface area contributed by atoms with E-state index in [1.165, 1.54) is 0 Å². The van der Waals surface area contributed by atoms with E-state index in [1.807, 2.05) is 42.5 Å². The lowest BCUT2D eigenvalue weighted by molar-refractivity contribution is -0.134. The van der Waals surface area contributed by atoms with Crippen molar-refractivity contribution >= 4 is 45.9 Å². The minimum absolute atomic E-state index is 0.0981. The number of carboxylic acids is 1. The van der Waals surface area contributed by atoms with Gasteiger partial charge >= 0.3 is 0 Å². The van der Waals surface area contributed by atoms with Crippen LogP contribution in [-0.4, -0.2) is 37.1 Å². The van der Waals surface area contributed by atoms with Gasteiger partial charge in [0.15, 0.2) is 0 Å². The van der Waals surface area contributed by atoms with Gasteiger partial charge in [-0.05, 0) is 49.2 Å². The van der Waals surface area contributed by atoms with Crippen molar-refractivity contribution < 1.29 is 14.7 Å². The van der Waals surface area contributed by atoms with Crippen molar-refractivity contribution in [1.82, 2.24) is 20.2 Å². The first-order valence-electron chi connectivity index (χ1n) is 10.8. The number of amides is 1. The molecule has 0 unspecified atom stereocenters. The van der Waals surface area contributed by atoms with Crippen LogP contribution >= 0.6 is 0 Å². The number of aromatic amines is 1. The van der Waals surface area contributed by atoms with E-state index in [4.69, 9.17) is 15.6 Å². The number of aliphatic carboxylic acids is 1. The molecule has 2 aromatic carbocycles. The van der Waals surface area contributed by atoms with E-state index in [2.05, 4.69) is 30.8 Å². The van der Waals surface area contributed by atoms with Crippen LogP contribution in [0.1, 0.15) is 26.2 Å². The number of carbonyl (C=O) groups excluding carboxylic acids is 1. The molecular formula is C24H25N7O3. The van der Waals surface area contributed by atoms with Gasteiger partial charge in [0.05, 0.1) is 5.52 Å². The zero-order chi connectivity index (χ0) is 24.1. The number of nitrogens with one attached hydrogen (secondary N) is 3. The number of H-pyrrole nitrogens is 1. The number of carbonyl (C=O) groups is 2. The second kappa shape index (κ2) is 9.99. The number of nitrogens with zero attached hydrogens (tertiary/aromatic N) is 3. The van der Waals surface area contributed by atoms with Crippen molar-refractivity contribution in [2.45, 2.75) is 26.2 Å². The molecule has 10 heteroatoms. The summed E-state index contributed by atoms with van der Waals surface area (Å²) >= 11 is 0. The molecule has 1 amide bonds. The third-order valence-electron chi connectivity index (χ3n) is 5.39. The quantitative estimate of drug-likeness (QED) is 0.297. The molecule has 2 aromatic heterocycles. The summed E-state index contributed by atoms with van der Waals surface area (Å²) in [5.74, 6) is 0.240. The lowest BCUT2D eigenvalue weighted by atomic mass is 9.85. The lowest BCUT2D eigenvalue weighted by Gasteiger charge is -2.24. The van der Waals surface area contributed by atoms with Crippen LogP contribution in [0.3, 0.4) is 0 Å². The highest BCUT2D eigenvalue weighted by Gasteiger charge is 2.25. The van der Waals surface area contributed by atoms with Crippen LogP contribution in [0.15, 0.2) is 54.7 Å². The molecule has 0 spiro atoms. The van der Waals surface area contributed by atoms with Gasteiger partial charge in [0, 0.05) is 41.4 Å². The molecule has 5 rings (SSSR count). The first kappa shape index (κ1) is 22.7. The standard InChI is InChI=1S/C22H21N7O.C2H4O2/c23-22-24-10-9-19(27-22)25-16-7-8-18-17(12-16)20(29-28-18)14-5-2-6-15(11-14)26-21(30)13-3-1-4-13;1-2(3)4/h2,5-13H,1,3-4H2,(H,26,30)(H,28,29)(H3,23,24,25,27);1H3,(H,3,4). The smallest absolute Gasteiger partial charge is 0.300 e. The van der Waals surface area contributed by atoms with Gasteiger partial charge in [-0.15, -0.1) is 0 Å². The zero-order valence-corrected chi connectivity index (χ0v) is 18.6. The number of carboxylic acid groups (broad SMARTS) is 1. The van der Waals surface area contributed by atoms with Gasteiger partial charge in [0.1, 0.15) is 11.5 Å². The molecule has 0 radical (unpaired) electrons. The van der Waals surface area contributed by atoms with Crippen molar-refractivity contribution in [3.63, 3.8) is 0 Å². The SMILES string of the molecule is CC(=O)O.Nc1nccc(Nc2ccc3[nH]nc(-c4cccc(NC(=O)C5CCC5)c4)c3c2)n1. The topological polar surface area (TPSA) is 159 Å².